The molecule has 1 aliphatic heterocycles. The molecule has 0 unspecified atom stereocenters. The van der Waals surface area contributed by atoms with Crippen molar-refractivity contribution in [2.75, 3.05) is 26.9 Å². The Morgan fingerprint density at radius 3 is 2.59 bits per heavy atom. The average molecular weight is 374 g/mol. The van der Waals surface area contributed by atoms with Crippen molar-refractivity contribution in [2.24, 2.45) is 10.9 Å². The molecule has 1 heterocycles. The van der Waals surface area contributed by atoms with Gasteiger partial charge in [0.1, 0.15) is 11.6 Å². The molecule has 0 radical (unpaired) electrons. The molecule has 0 spiro atoms. The van der Waals surface area contributed by atoms with Gasteiger partial charge in [-0.05, 0) is 55.9 Å². The fraction of sp³-hybridized carbons (Fsp3) is 0.500. The van der Waals surface area contributed by atoms with Crippen LogP contribution >= 0.6 is 0 Å². The van der Waals surface area contributed by atoms with Gasteiger partial charge in [-0.3, -0.25) is 0 Å². The first-order valence-electron chi connectivity index (χ1n) is 9.59. The molecule has 0 amide bonds. The first kappa shape index (κ1) is 22.8. The van der Waals surface area contributed by atoms with E-state index in [0.717, 1.165) is 67.6 Å². The van der Waals surface area contributed by atoms with Crippen LogP contribution in [-0.2, 0) is 9.47 Å². The third kappa shape index (κ3) is 8.78. The van der Waals surface area contributed by atoms with Gasteiger partial charge in [0, 0.05) is 32.4 Å². The summed E-state index contributed by atoms with van der Waals surface area (Å²) in [6.07, 6.45) is 10.5. The fourth-order valence-electron chi connectivity index (χ4n) is 2.64. The summed E-state index contributed by atoms with van der Waals surface area (Å²) in [5, 5.41) is 6.63. The SMILES string of the molecule is C=CC(=C\C(=C/C)OC)/C(C)=C/N=C(CC)NC(=C)NCC1CCOCC1. The maximum atomic E-state index is 5.40. The number of methoxy groups -OCH3 is 1. The molecular weight excluding hydrogens is 338 g/mol. The van der Waals surface area contributed by atoms with Gasteiger partial charge in [-0.25, -0.2) is 4.99 Å². The second kappa shape index (κ2) is 13.0. The highest BCUT2D eigenvalue weighted by atomic mass is 16.5. The maximum Gasteiger partial charge on any atom is 0.115 e. The van der Waals surface area contributed by atoms with Crippen LogP contribution in [0.2, 0.25) is 0 Å². The number of nitrogens with zero attached hydrogens (tertiary/aromatic N) is 1. The molecule has 0 saturated carbocycles. The molecular formula is C22H35N3O2. The largest absolute Gasteiger partial charge is 0.497 e. The van der Waals surface area contributed by atoms with Gasteiger partial charge in [-0.2, -0.15) is 0 Å². The minimum absolute atomic E-state index is 0.642. The Balaban J connectivity index is 2.66. The fourth-order valence-corrected chi connectivity index (χ4v) is 2.64. The van der Waals surface area contributed by atoms with E-state index in [9.17, 15) is 0 Å². The number of ether oxygens (including phenoxy) is 2. The Bertz CT molecular complexity index is 609. The lowest BCUT2D eigenvalue weighted by Crippen LogP contribution is -2.34. The summed E-state index contributed by atoms with van der Waals surface area (Å²) in [6.45, 7) is 16.6. The highest BCUT2D eigenvalue weighted by Gasteiger charge is 2.13. The van der Waals surface area contributed by atoms with Crippen LogP contribution in [0.4, 0.5) is 0 Å². The number of hydrogen-bond donors (Lipinski definition) is 2. The van der Waals surface area contributed by atoms with E-state index in [1.807, 2.05) is 32.2 Å². The molecule has 0 atom stereocenters. The third-order valence-electron chi connectivity index (χ3n) is 4.48. The van der Waals surface area contributed by atoms with Gasteiger partial charge in [0.25, 0.3) is 0 Å². The molecule has 1 saturated heterocycles. The van der Waals surface area contributed by atoms with Crippen molar-refractivity contribution < 1.29 is 9.47 Å². The number of allylic oxidation sites excluding steroid dienone is 5. The predicted octanol–water partition coefficient (Wildman–Crippen LogP) is 4.44. The third-order valence-corrected chi connectivity index (χ3v) is 4.48. The van der Waals surface area contributed by atoms with E-state index in [2.05, 4.69) is 35.7 Å². The standard InChI is InChI=1S/C22H35N3O2/c1-7-20(14-21(8-2)26-6)17(4)15-24-22(9-3)25-18(5)23-16-19-10-12-27-13-11-19/h7-8,14-15,19,23H,1,5,9-13,16H2,2-4,6H3,(H,24,25)/b17-15+,20-14+,21-8+. The summed E-state index contributed by atoms with van der Waals surface area (Å²) in [5.74, 6) is 3.08. The summed E-state index contributed by atoms with van der Waals surface area (Å²) in [4.78, 5) is 4.58. The molecule has 0 aromatic carbocycles. The van der Waals surface area contributed by atoms with Crippen molar-refractivity contribution in [2.45, 2.75) is 40.0 Å². The van der Waals surface area contributed by atoms with Gasteiger partial charge in [-0.1, -0.05) is 26.2 Å². The molecule has 0 aromatic heterocycles. The van der Waals surface area contributed by atoms with Crippen LogP contribution in [0.1, 0.15) is 40.0 Å². The molecule has 0 aromatic rings. The average Bonchev–Trinajstić information content (AvgIpc) is 2.71. The minimum Gasteiger partial charge on any atom is -0.497 e. The molecule has 27 heavy (non-hydrogen) atoms. The lowest BCUT2D eigenvalue weighted by molar-refractivity contribution is 0.0669. The molecule has 2 N–H and O–H groups in total. The van der Waals surface area contributed by atoms with E-state index >= 15 is 0 Å². The highest BCUT2D eigenvalue weighted by Crippen LogP contribution is 2.15. The van der Waals surface area contributed by atoms with Gasteiger partial charge >= 0.3 is 0 Å². The minimum atomic E-state index is 0.642. The summed E-state index contributed by atoms with van der Waals surface area (Å²) in [5.41, 5.74) is 1.98. The maximum absolute atomic E-state index is 5.40. The van der Waals surface area contributed by atoms with Gasteiger partial charge in [0.15, 0.2) is 0 Å². The zero-order chi connectivity index (χ0) is 20.1. The summed E-state index contributed by atoms with van der Waals surface area (Å²) in [7, 11) is 1.65. The number of nitrogens with one attached hydrogen (secondary N) is 2. The van der Waals surface area contributed by atoms with Crippen molar-refractivity contribution >= 4 is 5.84 Å². The topological polar surface area (TPSA) is 54.9 Å². The van der Waals surface area contributed by atoms with Crippen LogP contribution in [-0.4, -0.2) is 32.7 Å². The summed E-state index contributed by atoms with van der Waals surface area (Å²) >= 11 is 0. The summed E-state index contributed by atoms with van der Waals surface area (Å²) in [6, 6.07) is 0. The van der Waals surface area contributed by atoms with Crippen LogP contribution in [0.3, 0.4) is 0 Å². The number of amidine groups is 1. The van der Waals surface area contributed by atoms with Crippen molar-refractivity contribution in [1.29, 1.82) is 0 Å². The zero-order valence-corrected chi connectivity index (χ0v) is 17.3. The molecule has 0 aliphatic carbocycles. The summed E-state index contributed by atoms with van der Waals surface area (Å²) < 4.78 is 10.7. The number of hydrogen-bond acceptors (Lipinski definition) is 4. The second-order valence-corrected chi connectivity index (χ2v) is 6.48. The molecule has 1 fully saturated rings. The van der Waals surface area contributed by atoms with Crippen LogP contribution in [0.15, 0.2) is 65.3 Å². The van der Waals surface area contributed by atoms with E-state index in [1.165, 1.54) is 0 Å². The molecule has 5 nitrogen and oxygen atoms in total. The van der Waals surface area contributed by atoms with E-state index in [4.69, 9.17) is 9.47 Å². The smallest absolute Gasteiger partial charge is 0.115 e. The molecule has 0 bridgehead atoms. The lowest BCUT2D eigenvalue weighted by Gasteiger charge is -2.23. The second-order valence-electron chi connectivity index (χ2n) is 6.48. The molecule has 150 valence electrons. The van der Waals surface area contributed by atoms with Crippen LogP contribution in [0.5, 0.6) is 0 Å². The normalized spacial score (nSPS) is 17.5. The van der Waals surface area contributed by atoms with E-state index in [1.54, 1.807) is 13.2 Å². The van der Waals surface area contributed by atoms with Crippen LogP contribution in [0, 0.1) is 5.92 Å². The lowest BCUT2D eigenvalue weighted by atomic mass is 10.0. The van der Waals surface area contributed by atoms with E-state index in [-0.39, 0.29) is 0 Å². The Morgan fingerprint density at radius 2 is 2.04 bits per heavy atom. The molecule has 5 heteroatoms. The number of rotatable bonds is 10. The Hall–Kier alpha value is -2.27. The number of aliphatic imine (C=N–C) groups is 1. The Labute approximate surface area is 164 Å². The monoisotopic (exact) mass is 373 g/mol. The van der Waals surface area contributed by atoms with Gasteiger partial charge < -0.3 is 20.1 Å². The first-order valence-corrected chi connectivity index (χ1v) is 9.59. The first-order chi connectivity index (χ1) is 13.0. The Morgan fingerprint density at radius 1 is 1.33 bits per heavy atom. The van der Waals surface area contributed by atoms with Crippen molar-refractivity contribution in [3.05, 3.63) is 60.3 Å². The molecule has 1 rings (SSSR count). The van der Waals surface area contributed by atoms with E-state index < -0.39 is 0 Å². The van der Waals surface area contributed by atoms with Gasteiger partial charge in [0.05, 0.1) is 12.9 Å². The Kier molecular flexibility index (Phi) is 10.9. The van der Waals surface area contributed by atoms with Crippen molar-refractivity contribution in [3.8, 4) is 0 Å². The van der Waals surface area contributed by atoms with Crippen molar-refractivity contribution in [3.63, 3.8) is 0 Å². The van der Waals surface area contributed by atoms with Crippen LogP contribution in [0.25, 0.3) is 0 Å². The zero-order valence-electron chi connectivity index (χ0n) is 17.3. The molecule has 1 aliphatic rings. The van der Waals surface area contributed by atoms with Crippen molar-refractivity contribution in [1.82, 2.24) is 10.6 Å². The van der Waals surface area contributed by atoms with Gasteiger partial charge in [0.2, 0.25) is 0 Å². The highest BCUT2D eigenvalue weighted by molar-refractivity contribution is 5.83. The quantitative estimate of drug-likeness (QED) is 0.257. The van der Waals surface area contributed by atoms with E-state index in [0.29, 0.717) is 5.92 Å². The predicted molar refractivity (Wildman–Crippen MR) is 114 cm³/mol. The van der Waals surface area contributed by atoms with Gasteiger partial charge in [-0.15, -0.1) is 0 Å². The van der Waals surface area contributed by atoms with Crippen LogP contribution < -0.4 is 10.6 Å².